The molecule has 0 aliphatic carbocycles. The lowest BCUT2D eigenvalue weighted by atomic mass is 10.1. The second kappa shape index (κ2) is 10.4. The first-order valence-corrected chi connectivity index (χ1v) is 9.64. The SMILES string of the molecule is Cc1cccc(C)c1NC(=O)CN1CCN(C(=O)c2ccc(CN)cc2)CC1.Cl. The first-order chi connectivity index (χ1) is 13.5. The Labute approximate surface area is 178 Å². The van der Waals surface area contributed by atoms with Gasteiger partial charge in [-0.05, 0) is 42.7 Å². The van der Waals surface area contributed by atoms with Crippen LogP contribution in [0.5, 0.6) is 0 Å². The minimum atomic E-state index is -0.0189. The van der Waals surface area contributed by atoms with E-state index >= 15 is 0 Å². The van der Waals surface area contributed by atoms with Gasteiger partial charge in [-0.2, -0.15) is 0 Å². The number of para-hydroxylation sites is 1. The summed E-state index contributed by atoms with van der Waals surface area (Å²) in [6, 6.07) is 13.4. The van der Waals surface area contributed by atoms with Crippen molar-refractivity contribution >= 4 is 29.9 Å². The Hall–Kier alpha value is -2.41. The topological polar surface area (TPSA) is 78.7 Å². The van der Waals surface area contributed by atoms with Crippen molar-refractivity contribution in [3.05, 3.63) is 64.7 Å². The van der Waals surface area contributed by atoms with Gasteiger partial charge in [-0.3, -0.25) is 14.5 Å². The van der Waals surface area contributed by atoms with Gasteiger partial charge in [0.1, 0.15) is 0 Å². The molecule has 0 bridgehead atoms. The molecule has 0 saturated carbocycles. The minimum absolute atomic E-state index is 0. The Morgan fingerprint density at radius 3 is 2.10 bits per heavy atom. The van der Waals surface area contributed by atoms with E-state index in [1.807, 2.05) is 61.2 Å². The van der Waals surface area contributed by atoms with E-state index < -0.39 is 0 Å². The van der Waals surface area contributed by atoms with Crippen molar-refractivity contribution < 1.29 is 9.59 Å². The third-order valence-electron chi connectivity index (χ3n) is 5.21. The van der Waals surface area contributed by atoms with E-state index in [2.05, 4.69) is 10.2 Å². The number of amides is 2. The lowest BCUT2D eigenvalue weighted by molar-refractivity contribution is -0.117. The molecule has 3 N–H and O–H groups in total. The molecule has 156 valence electrons. The maximum atomic E-state index is 12.6. The second-order valence-corrected chi connectivity index (χ2v) is 7.28. The Bertz CT molecular complexity index is 826. The van der Waals surface area contributed by atoms with Crippen molar-refractivity contribution in [2.45, 2.75) is 20.4 Å². The number of carbonyl (C=O) groups excluding carboxylic acids is 2. The van der Waals surface area contributed by atoms with E-state index in [-0.39, 0.29) is 24.2 Å². The van der Waals surface area contributed by atoms with Crippen LogP contribution in [0.3, 0.4) is 0 Å². The molecule has 0 atom stereocenters. The van der Waals surface area contributed by atoms with Crippen LogP contribution in [0.1, 0.15) is 27.0 Å². The van der Waals surface area contributed by atoms with E-state index in [1.54, 1.807) is 0 Å². The molecule has 1 fully saturated rings. The summed E-state index contributed by atoms with van der Waals surface area (Å²) in [6.07, 6.45) is 0. The Morgan fingerprint density at radius 2 is 1.55 bits per heavy atom. The molecular weight excluding hydrogens is 388 g/mol. The Kier molecular flexibility index (Phi) is 8.20. The molecule has 2 aromatic rings. The number of nitrogens with zero attached hydrogens (tertiary/aromatic N) is 2. The number of rotatable bonds is 5. The molecule has 29 heavy (non-hydrogen) atoms. The van der Waals surface area contributed by atoms with E-state index in [1.165, 1.54) is 0 Å². The van der Waals surface area contributed by atoms with Gasteiger partial charge in [-0.25, -0.2) is 0 Å². The molecule has 1 aliphatic rings. The first-order valence-electron chi connectivity index (χ1n) is 9.64. The molecule has 0 aromatic heterocycles. The molecule has 2 amide bonds. The molecule has 7 heteroatoms. The van der Waals surface area contributed by atoms with Crippen molar-refractivity contribution in [3.8, 4) is 0 Å². The predicted molar refractivity (Wildman–Crippen MR) is 118 cm³/mol. The number of aryl methyl sites for hydroxylation is 2. The largest absolute Gasteiger partial charge is 0.336 e. The average molecular weight is 417 g/mol. The standard InChI is InChI=1S/C22H28N4O2.ClH/c1-16-4-3-5-17(2)21(16)24-20(27)15-25-10-12-26(13-11-25)22(28)19-8-6-18(14-23)7-9-19;/h3-9H,10-15,23H2,1-2H3,(H,24,27);1H. The van der Waals surface area contributed by atoms with Crippen LogP contribution in [0.4, 0.5) is 5.69 Å². The molecule has 2 aromatic carbocycles. The summed E-state index contributed by atoms with van der Waals surface area (Å²) in [6.45, 7) is 7.40. The number of nitrogens with one attached hydrogen (secondary N) is 1. The Morgan fingerprint density at radius 1 is 0.966 bits per heavy atom. The van der Waals surface area contributed by atoms with Gasteiger partial charge < -0.3 is 16.0 Å². The summed E-state index contributed by atoms with van der Waals surface area (Å²) in [7, 11) is 0. The van der Waals surface area contributed by atoms with Gasteiger partial charge in [0.2, 0.25) is 5.91 Å². The molecule has 0 radical (unpaired) electrons. The predicted octanol–water partition coefficient (Wildman–Crippen LogP) is 2.58. The highest BCUT2D eigenvalue weighted by Gasteiger charge is 2.23. The zero-order valence-corrected chi connectivity index (χ0v) is 17.8. The van der Waals surface area contributed by atoms with Crippen LogP contribution in [-0.4, -0.2) is 54.3 Å². The van der Waals surface area contributed by atoms with Crippen LogP contribution in [0.15, 0.2) is 42.5 Å². The summed E-state index contributed by atoms with van der Waals surface area (Å²) >= 11 is 0. The number of hydrogen-bond acceptors (Lipinski definition) is 4. The van der Waals surface area contributed by atoms with Crippen LogP contribution < -0.4 is 11.1 Å². The van der Waals surface area contributed by atoms with Crippen molar-refractivity contribution in [2.75, 3.05) is 38.0 Å². The summed E-state index contributed by atoms with van der Waals surface area (Å²) in [5.74, 6) is 0.0118. The van der Waals surface area contributed by atoms with Crippen LogP contribution in [0.2, 0.25) is 0 Å². The maximum Gasteiger partial charge on any atom is 0.253 e. The van der Waals surface area contributed by atoms with Crippen molar-refractivity contribution in [3.63, 3.8) is 0 Å². The van der Waals surface area contributed by atoms with Crippen molar-refractivity contribution in [1.82, 2.24) is 9.80 Å². The fourth-order valence-electron chi connectivity index (χ4n) is 3.47. The highest BCUT2D eigenvalue weighted by atomic mass is 35.5. The zero-order chi connectivity index (χ0) is 20.1. The normalized spacial score (nSPS) is 14.2. The van der Waals surface area contributed by atoms with Crippen molar-refractivity contribution in [2.24, 2.45) is 5.73 Å². The molecule has 6 nitrogen and oxygen atoms in total. The smallest absolute Gasteiger partial charge is 0.253 e. The van der Waals surface area contributed by atoms with E-state index in [0.717, 1.165) is 22.4 Å². The summed E-state index contributed by atoms with van der Waals surface area (Å²) < 4.78 is 0. The van der Waals surface area contributed by atoms with Gasteiger partial charge >= 0.3 is 0 Å². The molecule has 0 unspecified atom stereocenters. The van der Waals surface area contributed by atoms with Gasteiger partial charge in [0.25, 0.3) is 5.91 Å². The van der Waals surface area contributed by atoms with E-state index in [0.29, 0.717) is 44.8 Å². The molecule has 0 spiro atoms. The van der Waals surface area contributed by atoms with Gasteiger partial charge in [0.15, 0.2) is 0 Å². The molecule has 1 heterocycles. The highest BCUT2D eigenvalue weighted by molar-refractivity contribution is 5.95. The number of piperazine rings is 1. The number of anilines is 1. The van der Waals surface area contributed by atoms with E-state index in [9.17, 15) is 9.59 Å². The fraction of sp³-hybridized carbons (Fsp3) is 0.364. The first kappa shape index (κ1) is 22.9. The van der Waals surface area contributed by atoms with Gasteiger partial charge in [0, 0.05) is 44.0 Å². The fourth-order valence-corrected chi connectivity index (χ4v) is 3.47. The zero-order valence-electron chi connectivity index (χ0n) is 17.0. The lowest BCUT2D eigenvalue weighted by Crippen LogP contribution is -2.50. The molecular formula is C22H29ClN4O2. The molecule has 1 saturated heterocycles. The third-order valence-corrected chi connectivity index (χ3v) is 5.21. The van der Waals surface area contributed by atoms with Gasteiger partial charge in [0.05, 0.1) is 6.54 Å². The van der Waals surface area contributed by atoms with Gasteiger partial charge in [-0.1, -0.05) is 30.3 Å². The average Bonchev–Trinajstić information content (AvgIpc) is 2.71. The quantitative estimate of drug-likeness (QED) is 0.785. The summed E-state index contributed by atoms with van der Waals surface area (Å²) in [5.41, 5.74) is 10.3. The monoisotopic (exact) mass is 416 g/mol. The number of nitrogens with two attached hydrogens (primary N) is 1. The number of hydrogen-bond donors (Lipinski definition) is 2. The summed E-state index contributed by atoms with van der Waals surface area (Å²) in [5, 5.41) is 3.03. The Balaban J connectivity index is 0.00000300. The lowest BCUT2D eigenvalue weighted by Gasteiger charge is -2.34. The number of carbonyl (C=O) groups is 2. The van der Waals surface area contributed by atoms with Gasteiger partial charge in [-0.15, -0.1) is 12.4 Å². The minimum Gasteiger partial charge on any atom is -0.336 e. The van der Waals surface area contributed by atoms with Crippen LogP contribution in [0, 0.1) is 13.8 Å². The van der Waals surface area contributed by atoms with E-state index in [4.69, 9.17) is 5.73 Å². The van der Waals surface area contributed by atoms with Crippen molar-refractivity contribution in [1.29, 1.82) is 0 Å². The number of halogens is 1. The third kappa shape index (κ3) is 5.79. The molecule has 1 aliphatic heterocycles. The van der Waals surface area contributed by atoms with Crippen LogP contribution in [-0.2, 0) is 11.3 Å². The number of benzene rings is 2. The summed E-state index contributed by atoms with van der Waals surface area (Å²) in [4.78, 5) is 29.0. The molecule has 3 rings (SSSR count). The second-order valence-electron chi connectivity index (χ2n) is 7.28. The highest BCUT2D eigenvalue weighted by Crippen LogP contribution is 2.19. The van der Waals surface area contributed by atoms with Crippen LogP contribution >= 0.6 is 12.4 Å². The van der Waals surface area contributed by atoms with Crippen LogP contribution in [0.25, 0.3) is 0 Å². The maximum absolute atomic E-state index is 12.6.